The number of benzene rings is 2. The van der Waals surface area contributed by atoms with Gasteiger partial charge in [-0.25, -0.2) is 14.8 Å². The molecular formula is C32H29N3O4. The number of rotatable bonds is 10. The van der Waals surface area contributed by atoms with Crippen LogP contribution in [0.5, 0.6) is 5.88 Å². The van der Waals surface area contributed by atoms with Crippen molar-refractivity contribution in [2.45, 2.75) is 33.4 Å². The number of aliphatic carboxylic acids is 1. The van der Waals surface area contributed by atoms with E-state index in [9.17, 15) is 9.90 Å². The Kier molecular flexibility index (Phi) is 7.68. The van der Waals surface area contributed by atoms with Crippen molar-refractivity contribution < 1.29 is 19.1 Å². The standard InChI is InChI=1S/C32H29N3O4/c1-3-24(32(36)37)16-27-19-35(20-28(27)25-10-6-4-7-11-25)18-23-14-15-30(33-17-23)38-21-29-22(2)39-31(34-29)26-12-8-5-9-13-26/h4-17,19-20H,3,18,21H2,1-2H3,(H,36,37). The molecule has 0 aliphatic rings. The Bertz CT molecular complexity index is 1580. The molecule has 0 amide bonds. The Morgan fingerprint density at radius 1 is 1.00 bits per heavy atom. The first-order valence-electron chi connectivity index (χ1n) is 12.8. The average molecular weight is 520 g/mol. The molecule has 5 rings (SSSR count). The zero-order valence-electron chi connectivity index (χ0n) is 21.9. The van der Waals surface area contributed by atoms with Gasteiger partial charge in [-0.3, -0.25) is 0 Å². The van der Waals surface area contributed by atoms with Gasteiger partial charge in [0, 0.05) is 53.5 Å². The fraction of sp³-hybridized carbons (Fsp3) is 0.156. The van der Waals surface area contributed by atoms with Gasteiger partial charge in [-0.05, 0) is 42.7 Å². The summed E-state index contributed by atoms with van der Waals surface area (Å²) in [5, 5.41) is 9.54. The van der Waals surface area contributed by atoms with Crippen LogP contribution in [0.15, 0.2) is 101 Å². The van der Waals surface area contributed by atoms with Crippen molar-refractivity contribution in [3.8, 4) is 28.5 Å². The van der Waals surface area contributed by atoms with E-state index in [-0.39, 0.29) is 6.61 Å². The van der Waals surface area contributed by atoms with Crippen LogP contribution in [0.3, 0.4) is 0 Å². The van der Waals surface area contributed by atoms with Gasteiger partial charge in [0.05, 0.1) is 0 Å². The number of aromatic nitrogens is 3. The molecule has 5 aromatic rings. The van der Waals surface area contributed by atoms with E-state index in [0.29, 0.717) is 36.1 Å². The second-order valence-corrected chi connectivity index (χ2v) is 9.18. The van der Waals surface area contributed by atoms with Crippen LogP contribution in [0.1, 0.15) is 35.9 Å². The Balaban J connectivity index is 1.29. The fourth-order valence-corrected chi connectivity index (χ4v) is 4.30. The molecule has 2 aromatic carbocycles. The molecular weight excluding hydrogens is 490 g/mol. The summed E-state index contributed by atoms with van der Waals surface area (Å²) in [6.07, 6.45) is 8.00. The van der Waals surface area contributed by atoms with Gasteiger partial charge in [0.1, 0.15) is 18.1 Å². The number of oxazole rings is 1. The molecule has 3 heterocycles. The lowest BCUT2D eigenvalue weighted by Gasteiger charge is -2.06. The van der Waals surface area contributed by atoms with E-state index in [1.54, 1.807) is 12.3 Å². The first kappa shape index (κ1) is 25.7. The maximum Gasteiger partial charge on any atom is 0.331 e. The van der Waals surface area contributed by atoms with Crippen molar-refractivity contribution in [2.75, 3.05) is 0 Å². The summed E-state index contributed by atoms with van der Waals surface area (Å²) >= 11 is 0. The second-order valence-electron chi connectivity index (χ2n) is 9.18. The van der Waals surface area contributed by atoms with Crippen LogP contribution in [-0.2, 0) is 17.9 Å². The summed E-state index contributed by atoms with van der Waals surface area (Å²) in [5.74, 6) is 0.880. The molecule has 1 N–H and O–H groups in total. The average Bonchev–Trinajstić information content (AvgIpc) is 3.54. The minimum Gasteiger partial charge on any atom is -0.478 e. The highest BCUT2D eigenvalue weighted by Gasteiger charge is 2.13. The van der Waals surface area contributed by atoms with Gasteiger partial charge in [0.25, 0.3) is 0 Å². The van der Waals surface area contributed by atoms with E-state index in [4.69, 9.17) is 9.15 Å². The molecule has 0 atom stereocenters. The number of ether oxygens (including phenoxy) is 1. The van der Waals surface area contributed by atoms with Gasteiger partial charge < -0.3 is 18.8 Å². The van der Waals surface area contributed by atoms with Gasteiger partial charge in [-0.2, -0.15) is 0 Å². The largest absolute Gasteiger partial charge is 0.478 e. The van der Waals surface area contributed by atoms with Crippen molar-refractivity contribution in [2.24, 2.45) is 0 Å². The second kappa shape index (κ2) is 11.6. The molecule has 0 aliphatic heterocycles. The number of pyridine rings is 1. The predicted molar refractivity (Wildman–Crippen MR) is 150 cm³/mol. The molecule has 0 saturated carbocycles. The normalized spacial score (nSPS) is 11.5. The monoisotopic (exact) mass is 519 g/mol. The smallest absolute Gasteiger partial charge is 0.331 e. The maximum absolute atomic E-state index is 11.6. The molecule has 0 spiro atoms. The van der Waals surface area contributed by atoms with Crippen LogP contribution >= 0.6 is 0 Å². The number of hydrogen-bond acceptors (Lipinski definition) is 5. The first-order valence-corrected chi connectivity index (χ1v) is 12.8. The molecule has 0 saturated heterocycles. The van der Waals surface area contributed by atoms with Crippen LogP contribution in [0, 0.1) is 6.92 Å². The Morgan fingerprint density at radius 2 is 1.72 bits per heavy atom. The van der Waals surface area contributed by atoms with Crippen LogP contribution in [0.2, 0.25) is 0 Å². The molecule has 0 fully saturated rings. The first-order chi connectivity index (χ1) is 19.0. The fourth-order valence-electron chi connectivity index (χ4n) is 4.30. The lowest BCUT2D eigenvalue weighted by atomic mass is 10.0. The van der Waals surface area contributed by atoms with Crippen LogP contribution in [0.4, 0.5) is 0 Å². The zero-order valence-corrected chi connectivity index (χ0v) is 21.9. The summed E-state index contributed by atoms with van der Waals surface area (Å²) in [4.78, 5) is 20.7. The Labute approximate surface area is 227 Å². The van der Waals surface area contributed by atoms with Gasteiger partial charge >= 0.3 is 5.97 Å². The van der Waals surface area contributed by atoms with Crippen molar-refractivity contribution in [1.82, 2.24) is 14.5 Å². The molecule has 196 valence electrons. The predicted octanol–water partition coefficient (Wildman–Crippen LogP) is 7.02. The van der Waals surface area contributed by atoms with Gasteiger partial charge in [-0.15, -0.1) is 0 Å². The Hall–Kier alpha value is -4.91. The van der Waals surface area contributed by atoms with Crippen LogP contribution in [0.25, 0.3) is 28.7 Å². The molecule has 7 nitrogen and oxygen atoms in total. The third-order valence-corrected chi connectivity index (χ3v) is 6.41. The minimum absolute atomic E-state index is 0.256. The number of carbonyl (C=O) groups is 1. The molecule has 0 radical (unpaired) electrons. The topological polar surface area (TPSA) is 90.4 Å². The Morgan fingerprint density at radius 3 is 2.36 bits per heavy atom. The summed E-state index contributed by atoms with van der Waals surface area (Å²) in [6, 6.07) is 23.5. The lowest BCUT2D eigenvalue weighted by Crippen LogP contribution is -2.01. The van der Waals surface area contributed by atoms with Gasteiger partial charge in [0.2, 0.25) is 11.8 Å². The number of nitrogens with zero attached hydrogens (tertiary/aromatic N) is 3. The van der Waals surface area contributed by atoms with E-state index in [2.05, 4.69) is 9.97 Å². The number of hydrogen-bond donors (Lipinski definition) is 1. The highest BCUT2D eigenvalue weighted by molar-refractivity contribution is 5.93. The van der Waals surface area contributed by atoms with Crippen molar-refractivity contribution in [1.29, 1.82) is 0 Å². The molecule has 0 unspecified atom stereocenters. The van der Waals surface area contributed by atoms with E-state index in [0.717, 1.165) is 33.5 Å². The van der Waals surface area contributed by atoms with E-state index in [1.165, 1.54) is 0 Å². The quantitative estimate of drug-likeness (QED) is 0.199. The molecule has 7 heteroatoms. The highest BCUT2D eigenvalue weighted by Crippen LogP contribution is 2.28. The molecule has 0 bridgehead atoms. The van der Waals surface area contributed by atoms with E-state index < -0.39 is 5.97 Å². The molecule has 39 heavy (non-hydrogen) atoms. The number of carboxylic acids is 1. The lowest BCUT2D eigenvalue weighted by molar-refractivity contribution is -0.132. The number of aryl methyl sites for hydroxylation is 1. The summed E-state index contributed by atoms with van der Waals surface area (Å²) in [5.41, 5.74) is 5.89. The summed E-state index contributed by atoms with van der Waals surface area (Å²) in [7, 11) is 0. The minimum atomic E-state index is -0.902. The maximum atomic E-state index is 11.6. The summed E-state index contributed by atoms with van der Waals surface area (Å²) in [6.45, 7) is 4.56. The molecule has 0 aliphatic carbocycles. The van der Waals surface area contributed by atoms with Gasteiger partial charge in [0.15, 0.2) is 0 Å². The summed E-state index contributed by atoms with van der Waals surface area (Å²) < 4.78 is 13.7. The SMILES string of the molecule is CCC(=Cc1cn(Cc2ccc(OCc3nc(-c4ccccc4)oc3C)nc2)cc1-c1ccccc1)C(=O)O. The van der Waals surface area contributed by atoms with Crippen LogP contribution < -0.4 is 4.74 Å². The third-order valence-electron chi connectivity index (χ3n) is 6.41. The van der Waals surface area contributed by atoms with E-state index in [1.807, 2.05) is 104 Å². The van der Waals surface area contributed by atoms with Crippen molar-refractivity contribution >= 4 is 12.0 Å². The number of carboxylic acid groups (broad SMARTS) is 1. The highest BCUT2D eigenvalue weighted by atomic mass is 16.5. The van der Waals surface area contributed by atoms with Gasteiger partial charge in [-0.1, -0.05) is 61.5 Å². The third kappa shape index (κ3) is 6.15. The molecule has 3 aromatic heterocycles. The van der Waals surface area contributed by atoms with Crippen molar-refractivity contribution in [3.63, 3.8) is 0 Å². The zero-order chi connectivity index (χ0) is 27.2. The van der Waals surface area contributed by atoms with Crippen LogP contribution in [-0.4, -0.2) is 25.6 Å². The van der Waals surface area contributed by atoms with E-state index >= 15 is 0 Å². The van der Waals surface area contributed by atoms with Crippen molar-refractivity contribution in [3.05, 3.63) is 120 Å².